The summed E-state index contributed by atoms with van der Waals surface area (Å²) >= 11 is 3.63. The minimum Gasteiger partial charge on any atom is -0.370 e. The molecule has 0 radical (unpaired) electrons. The fraction of sp³-hybridized carbons (Fsp3) is 0.500. The van der Waals surface area contributed by atoms with Crippen molar-refractivity contribution in [2.24, 2.45) is 0 Å². The number of nitrogens with zero attached hydrogens (tertiary/aromatic N) is 2. The fourth-order valence-corrected chi connectivity index (χ4v) is 2.50. The van der Waals surface area contributed by atoms with Gasteiger partial charge < -0.3 is 10.2 Å². The molecule has 0 aliphatic carbocycles. The largest absolute Gasteiger partial charge is 0.370 e. The Morgan fingerprint density at radius 3 is 2.72 bits per heavy atom. The normalized spacial score (nSPS) is 11.9. The van der Waals surface area contributed by atoms with Crippen LogP contribution in [-0.2, 0) is 0 Å². The SMILES string of the molecule is CCN(CCC#N)c1ccc(C(C)NC)cc1Br. The van der Waals surface area contributed by atoms with E-state index in [1.807, 2.05) is 7.05 Å². The van der Waals surface area contributed by atoms with E-state index in [0.717, 1.165) is 23.2 Å². The minimum atomic E-state index is 0.338. The molecule has 0 heterocycles. The molecule has 1 unspecified atom stereocenters. The Morgan fingerprint density at radius 1 is 1.50 bits per heavy atom. The van der Waals surface area contributed by atoms with Crippen LogP contribution in [0.4, 0.5) is 5.69 Å². The topological polar surface area (TPSA) is 39.1 Å². The van der Waals surface area contributed by atoms with Gasteiger partial charge in [-0.1, -0.05) is 6.07 Å². The van der Waals surface area contributed by atoms with Gasteiger partial charge in [0.25, 0.3) is 0 Å². The third kappa shape index (κ3) is 3.72. The van der Waals surface area contributed by atoms with Crippen molar-refractivity contribution >= 4 is 21.6 Å². The Hall–Kier alpha value is -1.05. The summed E-state index contributed by atoms with van der Waals surface area (Å²) in [7, 11) is 1.96. The van der Waals surface area contributed by atoms with Crippen LogP contribution in [0, 0.1) is 11.3 Å². The van der Waals surface area contributed by atoms with Crippen molar-refractivity contribution in [3.05, 3.63) is 28.2 Å². The van der Waals surface area contributed by atoms with Crippen molar-refractivity contribution in [3.8, 4) is 6.07 Å². The summed E-state index contributed by atoms with van der Waals surface area (Å²) in [5.41, 5.74) is 2.41. The Labute approximate surface area is 118 Å². The van der Waals surface area contributed by atoms with Crippen LogP contribution in [0.1, 0.15) is 31.9 Å². The first kappa shape index (κ1) is 15.0. The molecule has 1 atom stereocenters. The Bertz CT molecular complexity index is 426. The molecule has 0 aliphatic heterocycles. The molecular weight excluding hydrogens is 290 g/mol. The highest BCUT2D eigenvalue weighted by Crippen LogP contribution is 2.29. The van der Waals surface area contributed by atoms with E-state index in [1.165, 1.54) is 5.56 Å². The average molecular weight is 310 g/mol. The van der Waals surface area contributed by atoms with Gasteiger partial charge in [-0.2, -0.15) is 5.26 Å². The van der Waals surface area contributed by atoms with Gasteiger partial charge in [0.2, 0.25) is 0 Å². The molecule has 1 rings (SSSR count). The summed E-state index contributed by atoms with van der Waals surface area (Å²) in [6.07, 6.45) is 0.551. The van der Waals surface area contributed by atoms with Gasteiger partial charge in [0.05, 0.1) is 18.2 Å². The number of rotatable bonds is 6. The summed E-state index contributed by atoms with van der Waals surface area (Å²) in [6.45, 7) is 5.91. The van der Waals surface area contributed by atoms with Gasteiger partial charge in [0.15, 0.2) is 0 Å². The molecule has 1 aromatic carbocycles. The van der Waals surface area contributed by atoms with Gasteiger partial charge in [0.1, 0.15) is 0 Å². The van der Waals surface area contributed by atoms with Gasteiger partial charge in [-0.25, -0.2) is 0 Å². The van der Waals surface area contributed by atoms with E-state index in [9.17, 15) is 0 Å². The highest BCUT2D eigenvalue weighted by atomic mass is 79.9. The minimum absolute atomic E-state index is 0.338. The lowest BCUT2D eigenvalue weighted by Gasteiger charge is -2.24. The zero-order valence-electron chi connectivity index (χ0n) is 11.2. The highest BCUT2D eigenvalue weighted by molar-refractivity contribution is 9.10. The smallest absolute Gasteiger partial charge is 0.0640 e. The number of nitriles is 1. The van der Waals surface area contributed by atoms with Crippen LogP contribution in [-0.4, -0.2) is 20.1 Å². The first-order chi connectivity index (χ1) is 8.63. The number of hydrogen-bond acceptors (Lipinski definition) is 3. The van der Waals surface area contributed by atoms with Gasteiger partial charge in [-0.3, -0.25) is 0 Å². The first-order valence-electron chi connectivity index (χ1n) is 6.22. The molecule has 18 heavy (non-hydrogen) atoms. The quantitative estimate of drug-likeness (QED) is 0.874. The summed E-state index contributed by atoms with van der Waals surface area (Å²) in [4.78, 5) is 2.21. The first-order valence-corrected chi connectivity index (χ1v) is 7.02. The van der Waals surface area contributed by atoms with Crippen molar-refractivity contribution in [2.75, 3.05) is 25.0 Å². The number of hydrogen-bond donors (Lipinski definition) is 1. The van der Waals surface area contributed by atoms with Crippen molar-refractivity contribution in [1.82, 2.24) is 5.32 Å². The molecular formula is C14H20BrN3. The molecule has 0 fully saturated rings. The maximum Gasteiger partial charge on any atom is 0.0640 e. The number of halogens is 1. The van der Waals surface area contributed by atoms with Crippen LogP contribution in [0.15, 0.2) is 22.7 Å². The summed E-state index contributed by atoms with van der Waals surface area (Å²) in [6, 6.07) is 8.93. The average Bonchev–Trinajstić information content (AvgIpc) is 2.40. The molecule has 0 aliphatic rings. The lowest BCUT2D eigenvalue weighted by molar-refractivity contribution is 0.652. The molecule has 0 aromatic heterocycles. The fourth-order valence-electron chi connectivity index (χ4n) is 1.85. The van der Waals surface area contributed by atoms with E-state index in [0.29, 0.717) is 12.5 Å². The number of nitrogens with one attached hydrogen (secondary N) is 1. The third-order valence-electron chi connectivity index (χ3n) is 3.12. The highest BCUT2D eigenvalue weighted by Gasteiger charge is 2.10. The zero-order valence-corrected chi connectivity index (χ0v) is 12.8. The number of anilines is 1. The van der Waals surface area contributed by atoms with Gasteiger partial charge in [-0.15, -0.1) is 0 Å². The second kappa shape index (κ2) is 7.40. The molecule has 0 spiro atoms. The lowest BCUT2D eigenvalue weighted by atomic mass is 10.1. The summed E-state index contributed by atoms with van der Waals surface area (Å²) in [5, 5.41) is 11.9. The van der Waals surface area contributed by atoms with E-state index in [4.69, 9.17) is 5.26 Å². The van der Waals surface area contributed by atoms with Crippen LogP contribution < -0.4 is 10.2 Å². The van der Waals surface area contributed by atoms with Crippen LogP contribution in [0.2, 0.25) is 0 Å². The predicted octanol–water partition coefficient (Wildman–Crippen LogP) is 3.47. The van der Waals surface area contributed by atoms with Gasteiger partial charge in [-0.05, 0) is 54.5 Å². The third-order valence-corrected chi connectivity index (χ3v) is 3.76. The number of benzene rings is 1. The molecule has 0 saturated heterocycles. The van der Waals surface area contributed by atoms with E-state index in [-0.39, 0.29) is 0 Å². The predicted molar refractivity (Wildman–Crippen MR) is 79.7 cm³/mol. The maximum atomic E-state index is 8.68. The zero-order chi connectivity index (χ0) is 13.5. The summed E-state index contributed by atoms with van der Waals surface area (Å²) in [5.74, 6) is 0. The van der Waals surface area contributed by atoms with Crippen molar-refractivity contribution in [2.45, 2.75) is 26.3 Å². The molecule has 0 bridgehead atoms. The van der Waals surface area contributed by atoms with Crippen LogP contribution in [0.25, 0.3) is 0 Å². The van der Waals surface area contributed by atoms with E-state index in [2.05, 4.69) is 64.3 Å². The van der Waals surface area contributed by atoms with Gasteiger partial charge >= 0.3 is 0 Å². The monoisotopic (exact) mass is 309 g/mol. The molecule has 1 N–H and O–H groups in total. The van der Waals surface area contributed by atoms with Crippen LogP contribution in [0.3, 0.4) is 0 Å². The van der Waals surface area contributed by atoms with Crippen molar-refractivity contribution in [3.63, 3.8) is 0 Å². The van der Waals surface area contributed by atoms with E-state index in [1.54, 1.807) is 0 Å². The maximum absolute atomic E-state index is 8.68. The Morgan fingerprint density at radius 2 is 2.22 bits per heavy atom. The molecule has 0 saturated carbocycles. The van der Waals surface area contributed by atoms with Gasteiger partial charge in [0, 0.05) is 23.6 Å². The Balaban J connectivity index is 2.93. The van der Waals surface area contributed by atoms with Crippen molar-refractivity contribution < 1.29 is 0 Å². The molecule has 0 amide bonds. The van der Waals surface area contributed by atoms with Crippen molar-refractivity contribution in [1.29, 1.82) is 5.26 Å². The lowest BCUT2D eigenvalue weighted by Crippen LogP contribution is -2.24. The second-order valence-corrected chi connectivity index (χ2v) is 5.06. The Kier molecular flexibility index (Phi) is 6.17. The standard InChI is InChI=1S/C14H20BrN3/c1-4-18(9-5-8-16)14-7-6-12(10-13(14)15)11(2)17-3/h6-7,10-11,17H,4-5,9H2,1-3H3. The van der Waals surface area contributed by atoms with E-state index < -0.39 is 0 Å². The second-order valence-electron chi connectivity index (χ2n) is 4.21. The van der Waals surface area contributed by atoms with Crippen LogP contribution >= 0.6 is 15.9 Å². The van der Waals surface area contributed by atoms with Crippen LogP contribution in [0.5, 0.6) is 0 Å². The molecule has 3 nitrogen and oxygen atoms in total. The summed E-state index contributed by atoms with van der Waals surface area (Å²) < 4.78 is 1.09. The molecule has 98 valence electrons. The molecule has 4 heteroatoms. The molecule has 1 aromatic rings. The van der Waals surface area contributed by atoms with E-state index >= 15 is 0 Å².